The number of nitrogens with one attached hydrogen (secondary N) is 1. The number of amides is 1. The van der Waals surface area contributed by atoms with Gasteiger partial charge in [-0.05, 0) is 30.2 Å². The van der Waals surface area contributed by atoms with Crippen molar-refractivity contribution < 1.29 is 9.59 Å². The van der Waals surface area contributed by atoms with E-state index in [9.17, 15) is 9.59 Å². The van der Waals surface area contributed by atoms with Crippen molar-refractivity contribution in [1.82, 2.24) is 5.32 Å². The molecule has 1 aromatic rings. The van der Waals surface area contributed by atoms with Crippen LogP contribution in [0.1, 0.15) is 49.4 Å². The summed E-state index contributed by atoms with van der Waals surface area (Å²) in [6.07, 6.45) is 6.05. The van der Waals surface area contributed by atoms with E-state index in [0.717, 1.165) is 12.8 Å². The quantitative estimate of drug-likeness (QED) is 0.841. The highest BCUT2D eigenvalue weighted by Crippen LogP contribution is 2.29. The Bertz CT molecular complexity index is 421. The number of hydrogen-bond acceptors (Lipinski definition) is 3. The third kappa shape index (κ3) is 3.90. The molecule has 1 N–H and O–H groups in total. The predicted molar refractivity (Wildman–Crippen MR) is 77.4 cm³/mol. The Balaban J connectivity index is 1.78. The van der Waals surface area contributed by atoms with Crippen LogP contribution in [0.15, 0.2) is 16.8 Å². The van der Waals surface area contributed by atoms with Crippen molar-refractivity contribution >= 4 is 23.0 Å². The van der Waals surface area contributed by atoms with E-state index in [-0.39, 0.29) is 24.2 Å². The number of rotatable bonds is 5. The summed E-state index contributed by atoms with van der Waals surface area (Å²) in [5.41, 5.74) is 0.690. The van der Waals surface area contributed by atoms with Crippen LogP contribution in [0.25, 0.3) is 0 Å². The van der Waals surface area contributed by atoms with Gasteiger partial charge in [-0.3, -0.25) is 9.59 Å². The van der Waals surface area contributed by atoms with Gasteiger partial charge in [0, 0.05) is 16.9 Å². The summed E-state index contributed by atoms with van der Waals surface area (Å²) in [7, 11) is 0. The van der Waals surface area contributed by atoms with Gasteiger partial charge in [-0.1, -0.05) is 26.2 Å². The molecule has 1 fully saturated rings. The van der Waals surface area contributed by atoms with Crippen molar-refractivity contribution in [3.63, 3.8) is 0 Å². The van der Waals surface area contributed by atoms with E-state index >= 15 is 0 Å². The summed E-state index contributed by atoms with van der Waals surface area (Å²) in [4.78, 5) is 23.9. The molecule has 0 aliphatic heterocycles. The molecule has 1 saturated carbocycles. The maximum atomic E-state index is 12.1. The lowest BCUT2D eigenvalue weighted by molar-refractivity contribution is -0.126. The Morgan fingerprint density at radius 2 is 2.11 bits per heavy atom. The van der Waals surface area contributed by atoms with E-state index in [4.69, 9.17) is 0 Å². The Labute approximate surface area is 118 Å². The van der Waals surface area contributed by atoms with Gasteiger partial charge in [0.1, 0.15) is 0 Å². The van der Waals surface area contributed by atoms with Gasteiger partial charge in [0.15, 0.2) is 5.78 Å². The maximum Gasteiger partial charge on any atom is 0.223 e. The maximum absolute atomic E-state index is 12.1. The summed E-state index contributed by atoms with van der Waals surface area (Å²) >= 11 is 1.50. The van der Waals surface area contributed by atoms with E-state index in [1.54, 1.807) is 6.07 Å². The monoisotopic (exact) mass is 279 g/mol. The molecular formula is C15H21NO2S. The second-order valence-corrected chi connectivity index (χ2v) is 6.12. The zero-order valence-corrected chi connectivity index (χ0v) is 12.2. The SMILES string of the molecule is CC(C(=O)NCC(=O)c1ccsc1)C1CCCCC1. The Hall–Kier alpha value is -1.16. The minimum atomic E-state index is -0.00885. The minimum Gasteiger partial charge on any atom is -0.348 e. The highest BCUT2D eigenvalue weighted by Gasteiger charge is 2.25. The Kier molecular flexibility index (Phi) is 5.14. The van der Waals surface area contributed by atoms with Crippen LogP contribution < -0.4 is 5.32 Å². The molecule has 1 aliphatic carbocycles. The molecule has 0 bridgehead atoms. The van der Waals surface area contributed by atoms with E-state index < -0.39 is 0 Å². The molecule has 3 nitrogen and oxygen atoms in total. The lowest BCUT2D eigenvalue weighted by atomic mass is 9.80. The molecule has 1 heterocycles. The van der Waals surface area contributed by atoms with Crippen LogP contribution in [0.2, 0.25) is 0 Å². The van der Waals surface area contributed by atoms with E-state index in [0.29, 0.717) is 11.5 Å². The number of carbonyl (C=O) groups is 2. The second-order valence-electron chi connectivity index (χ2n) is 5.34. The second kappa shape index (κ2) is 6.85. The molecule has 0 saturated heterocycles. The summed E-state index contributed by atoms with van der Waals surface area (Å²) in [6, 6.07) is 1.80. The summed E-state index contributed by atoms with van der Waals surface area (Å²) in [5, 5.41) is 6.48. The fraction of sp³-hybridized carbons (Fsp3) is 0.600. The molecule has 1 amide bonds. The molecule has 0 radical (unpaired) electrons. The number of thiophene rings is 1. The first kappa shape index (κ1) is 14.3. The third-order valence-corrected chi connectivity index (χ3v) is 4.72. The summed E-state index contributed by atoms with van der Waals surface area (Å²) in [6.45, 7) is 2.10. The molecule has 4 heteroatoms. The molecule has 1 unspecified atom stereocenters. The average Bonchev–Trinajstić information content (AvgIpc) is 2.98. The number of hydrogen-bond donors (Lipinski definition) is 1. The Morgan fingerprint density at radius 3 is 2.74 bits per heavy atom. The standard InChI is InChI=1S/C15H21NO2S/c1-11(12-5-3-2-4-6-12)15(18)16-9-14(17)13-7-8-19-10-13/h7-8,10-12H,2-6,9H2,1H3,(H,16,18). The van der Waals surface area contributed by atoms with Gasteiger partial charge < -0.3 is 5.32 Å². The molecule has 19 heavy (non-hydrogen) atoms. The third-order valence-electron chi connectivity index (χ3n) is 4.04. The smallest absolute Gasteiger partial charge is 0.223 e. The van der Waals surface area contributed by atoms with Crippen molar-refractivity contribution in [3.8, 4) is 0 Å². The minimum absolute atomic E-state index is 0.00885. The van der Waals surface area contributed by atoms with Crippen molar-refractivity contribution in [2.45, 2.75) is 39.0 Å². The molecule has 1 aliphatic rings. The topological polar surface area (TPSA) is 46.2 Å². The molecule has 2 rings (SSSR count). The molecule has 1 aromatic heterocycles. The zero-order valence-electron chi connectivity index (χ0n) is 11.4. The highest BCUT2D eigenvalue weighted by atomic mass is 32.1. The zero-order chi connectivity index (χ0) is 13.7. The first-order valence-corrected chi connectivity index (χ1v) is 7.96. The molecule has 0 spiro atoms. The van der Waals surface area contributed by atoms with E-state index in [2.05, 4.69) is 5.32 Å². The first-order valence-electron chi connectivity index (χ1n) is 7.01. The van der Waals surface area contributed by atoms with Crippen molar-refractivity contribution in [3.05, 3.63) is 22.4 Å². The van der Waals surface area contributed by atoms with Gasteiger partial charge in [0.2, 0.25) is 5.91 Å². The van der Waals surface area contributed by atoms with E-state index in [1.807, 2.05) is 17.7 Å². The lowest BCUT2D eigenvalue weighted by Crippen LogP contribution is -2.37. The van der Waals surface area contributed by atoms with Gasteiger partial charge in [0.05, 0.1) is 6.54 Å². The average molecular weight is 279 g/mol. The molecule has 0 aromatic carbocycles. The highest BCUT2D eigenvalue weighted by molar-refractivity contribution is 7.08. The summed E-state index contributed by atoms with van der Waals surface area (Å²) < 4.78 is 0. The van der Waals surface area contributed by atoms with Gasteiger partial charge in [-0.25, -0.2) is 0 Å². The van der Waals surface area contributed by atoms with Gasteiger partial charge in [0.25, 0.3) is 0 Å². The van der Waals surface area contributed by atoms with Gasteiger partial charge in [-0.15, -0.1) is 0 Å². The van der Waals surface area contributed by atoms with Crippen LogP contribution >= 0.6 is 11.3 Å². The number of ketones is 1. The summed E-state index contributed by atoms with van der Waals surface area (Å²) in [5.74, 6) is 0.529. The van der Waals surface area contributed by atoms with Crippen LogP contribution in [-0.4, -0.2) is 18.2 Å². The number of Topliss-reactive ketones (excluding diaryl/α,β-unsaturated/α-hetero) is 1. The van der Waals surface area contributed by atoms with Crippen molar-refractivity contribution in [2.75, 3.05) is 6.54 Å². The predicted octanol–water partition coefficient (Wildman–Crippen LogP) is 3.26. The largest absolute Gasteiger partial charge is 0.348 e. The first-order chi connectivity index (χ1) is 9.18. The van der Waals surface area contributed by atoms with Gasteiger partial charge in [-0.2, -0.15) is 11.3 Å². The molecule has 104 valence electrons. The van der Waals surface area contributed by atoms with E-state index in [1.165, 1.54) is 30.6 Å². The van der Waals surface area contributed by atoms with Crippen LogP contribution in [0.4, 0.5) is 0 Å². The fourth-order valence-corrected chi connectivity index (χ4v) is 3.36. The van der Waals surface area contributed by atoms with Crippen LogP contribution in [-0.2, 0) is 4.79 Å². The molecular weight excluding hydrogens is 258 g/mol. The van der Waals surface area contributed by atoms with Gasteiger partial charge >= 0.3 is 0 Å². The molecule has 1 atom stereocenters. The fourth-order valence-electron chi connectivity index (χ4n) is 2.70. The normalized spacial score (nSPS) is 17.9. The number of carbonyl (C=O) groups excluding carboxylic acids is 2. The van der Waals surface area contributed by atoms with Crippen LogP contribution in [0, 0.1) is 11.8 Å². The van der Waals surface area contributed by atoms with Crippen molar-refractivity contribution in [1.29, 1.82) is 0 Å². The van der Waals surface area contributed by atoms with Crippen molar-refractivity contribution in [2.24, 2.45) is 11.8 Å². The van der Waals surface area contributed by atoms with Crippen LogP contribution in [0.5, 0.6) is 0 Å². The lowest BCUT2D eigenvalue weighted by Gasteiger charge is -2.26. The Morgan fingerprint density at radius 1 is 1.37 bits per heavy atom. The van der Waals surface area contributed by atoms with Crippen LogP contribution in [0.3, 0.4) is 0 Å².